The molecule has 1 heterocycles. The molecule has 1 saturated heterocycles. The van der Waals surface area contributed by atoms with Crippen LogP contribution in [-0.4, -0.2) is 56.0 Å². The number of rotatable bonds is 7. The van der Waals surface area contributed by atoms with Crippen LogP contribution in [-0.2, 0) is 17.6 Å². The summed E-state index contributed by atoms with van der Waals surface area (Å²) in [5.74, 6) is 1.30. The van der Waals surface area contributed by atoms with Crippen molar-refractivity contribution in [1.82, 2.24) is 15.5 Å². The predicted octanol–water partition coefficient (Wildman–Crippen LogP) is 4.78. The zero-order valence-electron chi connectivity index (χ0n) is 22.1. The van der Waals surface area contributed by atoms with Gasteiger partial charge >= 0.3 is 0 Å². The molecule has 38 heavy (non-hydrogen) atoms. The van der Waals surface area contributed by atoms with E-state index in [9.17, 15) is 9.59 Å². The molecule has 3 aromatic carbocycles. The lowest BCUT2D eigenvalue weighted by Crippen LogP contribution is -2.46. The first kappa shape index (κ1) is 27.9. The number of benzene rings is 3. The van der Waals surface area contributed by atoms with Crippen molar-refractivity contribution in [2.45, 2.75) is 44.6 Å². The first-order valence-corrected chi connectivity index (χ1v) is 13.5. The van der Waals surface area contributed by atoms with E-state index in [-0.39, 0.29) is 30.8 Å². The number of carbonyl (C=O) groups excluding carboxylic acids is 2. The van der Waals surface area contributed by atoms with Gasteiger partial charge in [0.2, 0.25) is 5.91 Å². The number of ether oxygens (including phenoxy) is 1. The van der Waals surface area contributed by atoms with E-state index in [0.29, 0.717) is 17.5 Å². The Balaban J connectivity index is 0.00000336. The molecule has 0 spiro atoms. The molecule has 7 heteroatoms. The molecule has 1 unspecified atom stereocenters. The number of nitrogens with zero attached hydrogens (tertiary/aromatic N) is 1. The maximum atomic E-state index is 12.8. The van der Waals surface area contributed by atoms with Gasteiger partial charge in [-0.15, -0.1) is 12.4 Å². The fraction of sp³-hybridized carbons (Fsp3) is 0.419. The summed E-state index contributed by atoms with van der Waals surface area (Å²) in [6, 6.07) is 20.4. The Bertz CT molecular complexity index is 1250. The smallest absolute Gasteiger partial charge is 0.252 e. The summed E-state index contributed by atoms with van der Waals surface area (Å²) in [4.78, 5) is 27.5. The fourth-order valence-electron chi connectivity index (χ4n) is 5.75. The van der Waals surface area contributed by atoms with E-state index < -0.39 is 0 Å². The van der Waals surface area contributed by atoms with E-state index in [1.54, 1.807) is 7.11 Å². The van der Waals surface area contributed by atoms with Gasteiger partial charge in [-0.1, -0.05) is 42.5 Å². The molecule has 2 amide bonds. The number of hydrogen-bond acceptors (Lipinski definition) is 4. The third-order valence-electron chi connectivity index (χ3n) is 7.98. The van der Waals surface area contributed by atoms with Gasteiger partial charge in [-0.3, -0.25) is 9.59 Å². The van der Waals surface area contributed by atoms with Gasteiger partial charge in [0, 0.05) is 24.7 Å². The third kappa shape index (κ3) is 6.66. The van der Waals surface area contributed by atoms with Crippen molar-refractivity contribution < 1.29 is 14.3 Å². The van der Waals surface area contributed by atoms with E-state index in [4.69, 9.17) is 4.74 Å². The lowest BCUT2D eigenvalue weighted by atomic mass is 9.95. The molecule has 0 bridgehead atoms. The number of fused-ring (bicyclic) bond motifs is 2. The number of piperidine rings is 1. The first-order chi connectivity index (χ1) is 18.1. The van der Waals surface area contributed by atoms with Gasteiger partial charge in [0.15, 0.2) is 0 Å². The van der Waals surface area contributed by atoms with E-state index >= 15 is 0 Å². The van der Waals surface area contributed by atoms with Gasteiger partial charge < -0.3 is 20.3 Å². The Labute approximate surface area is 231 Å². The quantitative estimate of drug-likeness (QED) is 0.427. The summed E-state index contributed by atoms with van der Waals surface area (Å²) in [6.45, 7) is 2.53. The Morgan fingerprint density at radius 2 is 1.76 bits per heavy atom. The Kier molecular flexibility index (Phi) is 9.64. The lowest BCUT2D eigenvalue weighted by Gasteiger charge is -2.33. The van der Waals surface area contributed by atoms with Crippen LogP contribution in [0.1, 0.15) is 47.2 Å². The summed E-state index contributed by atoms with van der Waals surface area (Å²) < 4.78 is 5.43. The number of likely N-dealkylation sites (tertiary alicyclic amines) is 1. The van der Waals surface area contributed by atoms with Crippen LogP contribution in [0.3, 0.4) is 0 Å². The van der Waals surface area contributed by atoms with Crippen molar-refractivity contribution in [3.63, 3.8) is 0 Å². The Morgan fingerprint density at radius 1 is 0.974 bits per heavy atom. The molecule has 0 radical (unpaired) electrons. The molecule has 1 aliphatic heterocycles. The van der Waals surface area contributed by atoms with Crippen molar-refractivity contribution in [2.75, 3.05) is 33.3 Å². The summed E-state index contributed by atoms with van der Waals surface area (Å²) in [5, 5.41) is 8.58. The fourth-order valence-corrected chi connectivity index (χ4v) is 5.75. The highest BCUT2D eigenvalue weighted by Crippen LogP contribution is 2.26. The normalized spacial score (nSPS) is 17.7. The highest BCUT2D eigenvalue weighted by molar-refractivity contribution is 6.07. The van der Waals surface area contributed by atoms with Crippen LogP contribution in [0.4, 0.5) is 0 Å². The topological polar surface area (TPSA) is 70.7 Å². The summed E-state index contributed by atoms with van der Waals surface area (Å²) in [7, 11) is 1.73. The van der Waals surface area contributed by atoms with Crippen LogP contribution in [0.2, 0.25) is 0 Å². The van der Waals surface area contributed by atoms with Gasteiger partial charge in [-0.25, -0.2) is 0 Å². The number of aryl methyl sites for hydroxylation is 1. The van der Waals surface area contributed by atoms with E-state index in [0.717, 1.165) is 61.8 Å². The summed E-state index contributed by atoms with van der Waals surface area (Å²) >= 11 is 0. The molecule has 2 aliphatic rings. The third-order valence-corrected chi connectivity index (χ3v) is 7.98. The number of hydrogen-bond donors (Lipinski definition) is 2. The summed E-state index contributed by atoms with van der Waals surface area (Å²) in [6.07, 6.45) is 6.55. The van der Waals surface area contributed by atoms with Crippen molar-refractivity contribution in [1.29, 1.82) is 0 Å². The number of halogens is 1. The average molecular weight is 536 g/mol. The average Bonchev–Trinajstić information content (AvgIpc) is 3.16. The molecule has 1 atom stereocenters. The Hall–Kier alpha value is -3.09. The monoisotopic (exact) mass is 535 g/mol. The molecule has 202 valence electrons. The van der Waals surface area contributed by atoms with Gasteiger partial charge in [-0.2, -0.15) is 0 Å². The molecule has 1 aliphatic carbocycles. The second-order valence-electron chi connectivity index (χ2n) is 10.4. The minimum Gasteiger partial charge on any atom is -0.497 e. The number of methoxy groups -OCH3 is 1. The van der Waals surface area contributed by atoms with Gasteiger partial charge in [-0.05, 0) is 91.1 Å². The molecular weight excluding hydrogens is 498 g/mol. The zero-order valence-corrected chi connectivity index (χ0v) is 22.9. The molecule has 0 aromatic heterocycles. The van der Waals surface area contributed by atoms with Gasteiger partial charge in [0.25, 0.3) is 5.91 Å². The lowest BCUT2D eigenvalue weighted by molar-refractivity contribution is -0.131. The van der Waals surface area contributed by atoms with Crippen LogP contribution >= 0.6 is 12.4 Å². The summed E-state index contributed by atoms with van der Waals surface area (Å²) in [5.41, 5.74) is 3.46. The molecular formula is C31H38ClN3O3. The minimum atomic E-state index is -0.202. The largest absolute Gasteiger partial charge is 0.497 e. The zero-order chi connectivity index (χ0) is 25.6. The SMILES string of the molecule is COc1ccc2c(c1)CC(NCC1CCN(C(=O)CNC(=O)c3cccc4ccccc34)CC1)CCC2.Cl. The van der Waals surface area contributed by atoms with Crippen molar-refractivity contribution in [3.05, 3.63) is 77.4 Å². The van der Waals surface area contributed by atoms with Crippen molar-refractivity contribution in [2.24, 2.45) is 5.92 Å². The molecule has 5 rings (SSSR count). The molecule has 6 nitrogen and oxygen atoms in total. The second kappa shape index (κ2) is 13.1. The molecule has 3 aromatic rings. The maximum Gasteiger partial charge on any atom is 0.252 e. The van der Waals surface area contributed by atoms with E-state index in [1.807, 2.05) is 47.4 Å². The van der Waals surface area contributed by atoms with Crippen LogP contribution in [0.5, 0.6) is 5.75 Å². The number of amides is 2. The molecule has 1 fully saturated rings. The predicted molar refractivity (Wildman–Crippen MR) is 154 cm³/mol. The number of carbonyl (C=O) groups is 2. The maximum absolute atomic E-state index is 12.8. The van der Waals surface area contributed by atoms with E-state index in [2.05, 4.69) is 28.8 Å². The van der Waals surface area contributed by atoms with Crippen molar-refractivity contribution in [3.8, 4) is 5.75 Å². The highest BCUT2D eigenvalue weighted by Gasteiger charge is 2.25. The first-order valence-electron chi connectivity index (χ1n) is 13.5. The van der Waals surface area contributed by atoms with Crippen LogP contribution in [0.15, 0.2) is 60.7 Å². The van der Waals surface area contributed by atoms with Crippen LogP contribution in [0.25, 0.3) is 10.8 Å². The van der Waals surface area contributed by atoms with Crippen molar-refractivity contribution >= 4 is 35.0 Å². The second-order valence-corrected chi connectivity index (χ2v) is 10.4. The highest BCUT2D eigenvalue weighted by atomic mass is 35.5. The molecule has 2 N–H and O–H groups in total. The minimum absolute atomic E-state index is 0. The number of nitrogens with one attached hydrogen (secondary N) is 2. The van der Waals surface area contributed by atoms with Gasteiger partial charge in [0.05, 0.1) is 13.7 Å². The molecule has 0 saturated carbocycles. The standard InChI is InChI=1S/C31H37N3O3.ClH/c1-37-27-13-12-23-7-4-9-26(18-25(23)19-27)32-20-22-14-16-34(17-15-22)30(35)21-33-31(36)29-11-5-8-24-6-2-3-10-28(24)29;/h2-3,5-6,8,10-13,19,22,26,32H,4,7,9,14-18,20-21H2,1H3,(H,33,36);1H. The van der Waals surface area contributed by atoms with Crippen LogP contribution in [0, 0.1) is 5.92 Å². The van der Waals surface area contributed by atoms with Crippen LogP contribution < -0.4 is 15.4 Å². The van der Waals surface area contributed by atoms with Gasteiger partial charge in [0.1, 0.15) is 5.75 Å². The van der Waals surface area contributed by atoms with E-state index in [1.165, 1.54) is 24.0 Å². The Morgan fingerprint density at radius 3 is 2.58 bits per heavy atom.